The smallest absolute Gasteiger partial charge is 0.135 e. The summed E-state index contributed by atoms with van der Waals surface area (Å²) in [4.78, 5) is 0. The second kappa shape index (κ2) is 7.51. The Morgan fingerprint density at radius 3 is 2.43 bits per heavy atom. The average molecular weight is 348 g/mol. The standard InChI is InChI=1S/C18H22BrNO/c1-13(2)16(14-7-5-4-6-8-14)12-20-15-9-10-17(19)18(11-15)21-3/h4-11,13,16,20H,12H2,1-3H3. The minimum Gasteiger partial charge on any atom is -0.495 e. The number of ether oxygens (including phenoxy) is 1. The molecule has 0 aliphatic rings. The number of benzene rings is 2. The lowest BCUT2D eigenvalue weighted by atomic mass is 9.88. The van der Waals surface area contributed by atoms with E-state index in [-0.39, 0.29) is 0 Å². The number of nitrogens with one attached hydrogen (secondary N) is 1. The summed E-state index contributed by atoms with van der Waals surface area (Å²) in [5.41, 5.74) is 2.46. The van der Waals surface area contributed by atoms with E-state index in [0.717, 1.165) is 22.5 Å². The fraction of sp³-hybridized carbons (Fsp3) is 0.333. The van der Waals surface area contributed by atoms with Crippen molar-refractivity contribution in [2.24, 2.45) is 5.92 Å². The van der Waals surface area contributed by atoms with Gasteiger partial charge in [-0.25, -0.2) is 0 Å². The largest absolute Gasteiger partial charge is 0.495 e. The third-order valence-corrected chi connectivity index (χ3v) is 4.36. The van der Waals surface area contributed by atoms with Crippen LogP contribution in [-0.4, -0.2) is 13.7 Å². The van der Waals surface area contributed by atoms with Crippen molar-refractivity contribution in [3.8, 4) is 5.75 Å². The maximum Gasteiger partial charge on any atom is 0.135 e. The van der Waals surface area contributed by atoms with E-state index in [1.807, 2.05) is 12.1 Å². The molecule has 112 valence electrons. The van der Waals surface area contributed by atoms with Gasteiger partial charge in [0.15, 0.2) is 0 Å². The van der Waals surface area contributed by atoms with E-state index in [1.165, 1.54) is 5.56 Å². The third kappa shape index (κ3) is 4.24. The Balaban J connectivity index is 2.09. The average Bonchev–Trinajstić information content (AvgIpc) is 2.49. The molecule has 2 aromatic carbocycles. The van der Waals surface area contributed by atoms with Crippen molar-refractivity contribution in [1.29, 1.82) is 0 Å². The highest BCUT2D eigenvalue weighted by atomic mass is 79.9. The van der Waals surface area contributed by atoms with Crippen LogP contribution in [0.2, 0.25) is 0 Å². The summed E-state index contributed by atoms with van der Waals surface area (Å²) in [6, 6.07) is 16.8. The second-order valence-electron chi connectivity index (χ2n) is 5.49. The van der Waals surface area contributed by atoms with Crippen LogP contribution in [0.3, 0.4) is 0 Å². The zero-order valence-electron chi connectivity index (χ0n) is 12.8. The first-order valence-corrected chi connectivity index (χ1v) is 8.03. The fourth-order valence-corrected chi connectivity index (χ4v) is 2.84. The molecule has 2 nitrogen and oxygen atoms in total. The first-order chi connectivity index (χ1) is 10.1. The van der Waals surface area contributed by atoms with E-state index in [0.29, 0.717) is 11.8 Å². The Morgan fingerprint density at radius 2 is 1.81 bits per heavy atom. The number of hydrogen-bond acceptors (Lipinski definition) is 2. The van der Waals surface area contributed by atoms with Crippen LogP contribution in [0.5, 0.6) is 5.75 Å². The molecule has 1 unspecified atom stereocenters. The molecule has 0 spiro atoms. The van der Waals surface area contributed by atoms with Crippen molar-refractivity contribution >= 4 is 21.6 Å². The topological polar surface area (TPSA) is 21.3 Å². The van der Waals surface area contributed by atoms with Gasteiger partial charge >= 0.3 is 0 Å². The number of halogens is 1. The molecule has 1 atom stereocenters. The van der Waals surface area contributed by atoms with E-state index in [1.54, 1.807) is 7.11 Å². The molecule has 21 heavy (non-hydrogen) atoms. The van der Waals surface area contributed by atoms with Gasteiger partial charge in [-0.05, 0) is 39.5 Å². The number of rotatable bonds is 6. The molecule has 0 radical (unpaired) electrons. The number of hydrogen-bond donors (Lipinski definition) is 1. The molecule has 0 aliphatic heterocycles. The summed E-state index contributed by atoms with van der Waals surface area (Å²) in [5, 5.41) is 3.53. The van der Waals surface area contributed by atoms with Gasteiger partial charge in [0.25, 0.3) is 0 Å². The SMILES string of the molecule is COc1cc(NCC(c2ccccc2)C(C)C)ccc1Br. The Bertz CT molecular complexity index is 569. The van der Waals surface area contributed by atoms with Gasteiger partial charge in [-0.2, -0.15) is 0 Å². The molecule has 0 amide bonds. The van der Waals surface area contributed by atoms with Crippen LogP contribution < -0.4 is 10.1 Å². The van der Waals surface area contributed by atoms with Crippen molar-refractivity contribution in [3.63, 3.8) is 0 Å². The zero-order valence-corrected chi connectivity index (χ0v) is 14.4. The van der Waals surface area contributed by atoms with Gasteiger partial charge in [0.05, 0.1) is 11.6 Å². The third-order valence-electron chi connectivity index (χ3n) is 3.71. The lowest BCUT2D eigenvalue weighted by Gasteiger charge is -2.22. The van der Waals surface area contributed by atoms with Crippen LogP contribution in [0.1, 0.15) is 25.3 Å². The van der Waals surface area contributed by atoms with Crippen molar-refractivity contribution < 1.29 is 4.74 Å². The number of methoxy groups -OCH3 is 1. The Morgan fingerprint density at radius 1 is 1.10 bits per heavy atom. The Hall–Kier alpha value is -1.48. The van der Waals surface area contributed by atoms with Crippen LogP contribution in [0.25, 0.3) is 0 Å². The Labute approximate surface area is 135 Å². The molecular formula is C18H22BrNO. The highest BCUT2D eigenvalue weighted by molar-refractivity contribution is 9.10. The quantitative estimate of drug-likeness (QED) is 0.764. The van der Waals surface area contributed by atoms with E-state index in [2.05, 4.69) is 71.5 Å². The summed E-state index contributed by atoms with van der Waals surface area (Å²) in [6.07, 6.45) is 0. The van der Waals surface area contributed by atoms with Crippen molar-refractivity contribution in [3.05, 3.63) is 58.6 Å². The fourth-order valence-electron chi connectivity index (χ4n) is 2.44. The second-order valence-corrected chi connectivity index (χ2v) is 6.35. The molecule has 1 N–H and O–H groups in total. The Kier molecular flexibility index (Phi) is 5.68. The van der Waals surface area contributed by atoms with Crippen molar-refractivity contribution in [2.45, 2.75) is 19.8 Å². The normalized spacial score (nSPS) is 12.2. The van der Waals surface area contributed by atoms with Crippen LogP contribution in [0.15, 0.2) is 53.0 Å². The van der Waals surface area contributed by atoms with Crippen LogP contribution in [0.4, 0.5) is 5.69 Å². The number of anilines is 1. The minimum atomic E-state index is 0.487. The summed E-state index contributed by atoms with van der Waals surface area (Å²) in [7, 11) is 1.69. The molecule has 0 heterocycles. The molecular weight excluding hydrogens is 326 g/mol. The predicted molar refractivity (Wildman–Crippen MR) is 93.2 cm³/mol. The summed E-state index contributed by atoms with van der Waals surface area (Å²) in [5.74, 6) is 1.92. The van der Waals surface area contributed by atoms with Gasteiger partial charge in [0, 0.05) is 24.2 Å². The van der Waals surface area contributed by atoms with Gasteiger partial charge in [-0.15, -0.1) is 0 Å². The molecule has 0 saturated carbocycles. The minimum absolute atomic E-state index is 0.487. The van der Waals surface area contributed by atoms with E-state index in [9.17, 15) is 0 Å². The van der Waals surface area contributed by atoms with Crippen LogP contribution >= 0.6 is 15.9 Å². The van der Waals surface area contributed by atoms with Gasteiger partial charge in [-0.3, -0.25) is 0 Å². The van der Waals surface area contributed by atoms with E-state index in [4.69, 9.17) is 4.74 Å². The molecule has 0 aromatic heterocycles. The first kappa shape index (κ1) is 15.9. The van der Waals surface area contributed by atoms with Gasteiger partial charge in [-0.1, -0.05) is 44.2 Å². The highest BCUT2D eigenvalue weighted by Gasteiger charge is 2.15. The van der Waals surface area contributed by atoms with E-state index < -0.39 is 0 Å². The lowest BCUT2D eigenvalue weighted by Crippen LogP contribution is -2.17. The maximum absolute atomic E-state index is 5.34. The van der Waals surface area contributed by atoms with Crippen molar-refractivity contribution in [1.82, 2.24) is 0 Å². The van der Waals surface area contributed by atoms with Crippen LogP contribution in [0, 0.1) is 5.92 Å². The molecule has 2 aromatic rings. The molecule has 3 heteroatoms. The predicted octanol–water partition coefficient (Wildman–Crippen LogP) is 5.31. The summed E-state index contributed by atoms with van der Waals surface area (Å²) in [6.45, 7) is 5.44. The molecule has 0 bridgehead atoms. The molecule has 0 saturated heterocycles. The molecule has 0 aliphatic carbocycles. The lowest BCUT2D eigenvalue weighted by molar-refractivity contribution is 0.412. The van der Waals surface area contributed by atoms with Gasteiger partial charge in [0.2, 0.25) is 0 Å². The zero-order chi connectivity index (χ0) is 15.2. The van der Waals surface area contributed by atoms with Gasteiger partial charge in [0.1, 0.15) is 5.75 Å². The van der Waals surface area contributed by atoms with E-state index >= 15 is 0 Å². The highest BCUT2D eigenvalue weighted by Crippen LogP contribution is 2.29. The first-order valence-electron chi connectivity index (χ1n) is 7.24. The summed E-state index contributed by atoms with van der Waals surface area (Å²) >= 11 is 3.48. The van der Waals surface area contributed by atoms with Gasteiger partial charge < -0.3 is 10.1 Å². The summed E-state index contributed by atoms with van der Waals surface area (Å²) < 4.78 is 6.31. The monoisotopic (exact) mass is 347 g/mol. The molecule has 0 fully saturated rings. The van der Waals surface area contributed by atoms with Crippen molar-refractivity contribution in [2.75, 3.05) is 19.0 Å². The molecule has 2 rings (SSSR count). The van der Waals surface area contributed by atoms with Crippen LogP contribution in [-0.2, 0) is 0 Å². The maximum atomic E-state index is 5.34.